The summed E-state index contributed by atoms with van der Waals surface area (Å²) < 4.78 is 14.4. The zero-order chi connectivity index (χ0) is 19.7. The maximum absolute atomic E-state index is 14.4. The standard InChI is InChI=1S/C19H24FN7O/c1-11(28)27-5-3-2-4-13(27)8-23-19-16(20)10-25-18(26-19)15-9-24-17-14(15)6-12(21)7-22-17/h6-7,9,13,23H,2-5,8,10,21H2,1H3,(H,22,24)(H,25,26)/t13-/m1/s1. The third kappa shape index (κ3) is 3.51. The molecule has 5 N–H and O–H groups in total. The Morgan fingerprint density at radius 3 is 3.14 bits per heavy atom. The number of piperidine rings is 1. The van der Waals surface area contributed by atoms with E-state index in [0.717, 1.165) is 36.8 Å². The Morgan fingerprint density at radius 2 is 2.32 bits per heavy atom. The van der Waals surface area contributed by atoms with Crippen LogP contribution < -0.4 is 16.4 Å². The molecule has 0 radical (unpaired) electrons. The zero-order valence-electron chi connectivity index (χ0n) is 15.8. The first-order valence-electron chi connectivity index (χ1n) is 9.48. The predicted octanol–water partition coefficient (Wildman–Crippen LogP) is 1.62. The van der Waals surface area contributed by atoms with Crippen molar-refractivity contribution in [2.24, 2.45) is 4.99 Å². The fourth-order valence-corrected chi connectivity index (χ4v) is 3.81. The van der Waals surface area contributed by atoms with Gasteiger partial charge in [0, 0.05) is 43.2 Å². The summed E-state index contributed by atoms with van der Waals surface area (Å²) in [6.07, 6.45) is 6.34. The molecule has 0 aromatic carbocycles. The number of hydrogen-bond donors (Lipinski definition) is 4. The van der Waals surface area contributed by atoms with E-state index < -0.39 is 0 Å². The number of carbonyl (C=O) groups is 1. The lowest BCUT2D eigenvalue weighted by molar-refractivity contribution is -0.132. The van der Waals surface area contributed by atoms with Gasteiger partial charge in [0.15, 0.2) is 11.6 Å². The molecule has 4 heterocycles. The van der Waals surface area contributed by atoms with Crippen LogP contribution in [0.15, 0.2) is 35.1 Å². The first-order chi connectivity index (χ1) is 13.5. The fourth-order valence-electron chi connectivity index (χ4n) is 3.81. The van der Waals surface area contributed by atoms with Gasteiger partial charge in [0.25, 0.3) is 0 Å². The van der Waals surface area contributed by atoms with Gasteiger partial charge in [0.05, 0.1) is 18.4 Å². The van der Waals surface area contributed by atoms with Crippen molar-refractivity contribution >= 4 is 28.5 Å². The summed E-state index contributed by atoms with van der Waals surface area (Å²) in [7, 11) is 0. The first-order valence-corrected chi connectivity index (χ1v) is 9.48. The second-order valence-electron chi connectivity index (χ2n) is 7.18. The predicted molar refractivity (Wildman–Crippen MR) is 106 cm³/mol. The van der Waals surface area contributed by atoms with E-state index in [-0.39, 0.29) is 30.1 Å². The number of carbonyl (C=O) groups excluding carboxylic acids is 1. The number of hydrogen-bond acceptors (Lipinski definition) is 6. The van der Waals surface area contributed by atoms with Crippen molar-refractivity contribution < 1.29 is 9.18 Å². The monoisotopic (exact) mass is 385 g/mol. The molecule has 2 aromatic rings. The Hall–Kier alpha value is -3.10. The SMILES string of the molecule is CC(=O)N1CCCC[C@@H]1CNC1=C(F)CNC(c2c[nH]c3ncc(N)cc23)=N1. The van der Waals surface area contributed by atoms with Crippen LogP contribution in [0, 0.1) is 0 Å². The summed E-state index contributed by atoms with van der Waals surface area (Å²) in [4.78, 5) is 25.5. The third-order valence-electron chi connectivity index (χ3n) is 5.24. The lowest BCUT2D eigenvalue weighted by Gasteiger charge is -2.35. The molecule has 0 aliphatic carbocycles. The molecular formula is C19H24FN7O. The largest absolute Gasteiger partial charge is 0.397 e. The van der Waals surface area contributed by atoms with Crippen molar-refractivity contribution in [3.05, 3.63) is 35.7 Å². The van der Waals surface area contributed by atoms with E-state index in [2.05, 4.69) is 25.6 Å². The van der Waals surface area contributed by atoms with E-state index in [0.29, 0.717) is 23.7 Å². The Kier molecular flexibility index (Phi) is 4.89. The molecule has 0 spiro atoms. The highest BCUT2D eigenvalue weighted by Crippen LogP contribution is 2.22. The molecule has 0 saturated carbocycles. The Bertz CT molecular complexity index is 964. The van der Waals surface area contributed by atoms with E-state index >= 15 is 0 Å². The van der Waals surface area contributed by atoms with Crippen LogP contribution in [-0.4, -0.2) is 52.3 Å². The van der Waals surface area contributed by atoms with Crippen molar-refractivity contribution in [2.75, 3.05) is 25.4 Å². The quantitative estimate of drug-likeness (QED) is 0.639. The number of rotatable bonds is 4. The van der Waals surface area contributed by atoms with E-state index in [9.17, 15) is 9.18 Å². The second-order valence-corrected chi connectivity index (χ2v) is 7.18. The minimum absolute atomic E-state index is 0.0463. The number of amidine groups is 1. The molecule has 4 rings (SSSR count). The van der Waals surface area contributed by atoms with Crippen molar-refractivity contribution in [1.82, 2.24) is 25.5 Å². The lowest BCUT2D eigenvalue weighted by Crippen LogP contribution is -2.47. The molecule has 9 heteroatoms. The molecule has 148 valence electrons. The number of nitrogens with one attached hydrogen (secondary N) is 3. The molecule has 1 fully saturated rings. The smallest absolute Gasteiger partial charge is 0.219 e. The fraction of sp³-hybridized carbons (Fsp3) is 0.421. The van der Waals surface area contributed by atoms with Gasteiger partial charge in [0.2, 0.25) is 5.91 Å². The number of H-pyrrole nitrogens is 1. The van der Waals surface area contributed by atoms with Crippen LogP contribution in [-0.2, 0) is 4.79 Å². The Balaban J connectivity index is 1.54. The summed E-state index contributed by atoms with van der Waals surface area (Å²) >= 11 is 0. The number of likely N-dealkylation sites (tertiary alicyclic amines) is 1. The van der Waals surface area contributed by atoms with Crippen LogP contribution in [0.1, 0.15) is 31.7 Å². The van der Waals surface area contributed by atoms with E-state index in [1.54, 1.807) is 19.3 Å². The number of fused-ring (bicyclic) bond motifs is 1. The van der Waals surface area contributed by atoms with Crippen LogP contribution in [0.25, 0.3) is 11.0 Å². The molecular weight excluding hydrogens is 361 g/mol. The van der Waals surface area contributed by atoms with E-state index in [4.69, 9.17) is 5.73 Å². The van der Waals surface area contributed by atoms with Gasteiger partial charge in [-0.2, -0.15) is 0 Å². The number of aromatic amines is 1. The summed E-state index contributed by atoms with van der Waals surface area (Å²) in [5.74, 6) is 0.453. The van der Waals surface area contributed by atoms with Gasteiger partial charge in [-0.05, 0) is 25.3 Å². The highest BCUT2D eigenvalue weighted by molar-refractivity contribution is 6.10. The number of aliphatic imine (C=N–C) groups is 1. The first kappa shape index (κ1) is 18.3. The molecule has 0 bridgehead atoms. The number of anilines is 1. The minimum atomic E-state index is -0.355. The lowest BCUT2D eigenvalue weighted by atomic mass is 10.0. The van der Waals surface area contributed by atoms with Gasteiger partial charge < -0.3 is 26.3 Å². The number of halogens is 1. The molecule has 0 unspecified atom stereocenters. The highest BCUT2D eigenvalue weighted by atomic mass is 19.1. The molecule has 28 heavy (non-hydrogen) atoms. The number of aromatic nitrogens is 2. The Labute approximate surface area is 162 Å². The topological polar surface area (TPSA) is 111 Å². The summed E-state index contributed by atoms with van der Waals surface area (Å²) in [6.45, 7) is 2.85. The van der Waals surface area contributed by atoms with Crippen molar-refractivity contribution in [2.45, 2.75) is 32.2 Å². The van der Waals surface area contributed by atoms with Gasteiger partial charge in [-0.1, -0.05) is 0 Å². The Morgan fingerprint density at radius 1 is 1.46 bits per heavy atom. The van der Waals surface area contributed by atoms with Crippen LogP contribution in [0.2, 0.25) is 0 Å². The maximum Gasteiger partial charge on any atom is 0.219 e. The van der Waals surface area contributed by atoms with Crippen molar-refractivity contribution in [3.63, 3.8) is 0 Å². The number of nitrogen functional groups attached to an aromatic ring is 1. The molecule has 1 atom stereocenters. The van der Waals surface area contributed by atoms with Gasteiger partial charge >= 0.3 is 0 Å². The van der Waals surface area contributed by atoms with Crippen LogP contribution in [0.3, 0.4) is 0 Å². The molecule has 8 nitrogen and oxygen atoms in total. The normalized spacial score (nSPS) is 20.1. The highest BCUT2D eigenvalue weighted by Gasteiger charge is 2.25. The average Bonchev–Trinajstić information content (AvgIpc) is 3.10. The minimum Gasteiger partial charge on any atom is -0.397 e. The number of amides is 1. The molecule has 1 saturated heterocycles. The van der Waals surface area contributed by atoms with Crippen LogP contribution in [0.4, 0.5) is 10.1 Å². The number of nitrogens with zero attached hydrogens (tertiary/aromatic N) is 3. The van der Waals surface area contributed by atoms with Crippen LogP contribution >= 0.6 is 0 Å². The van der Waals surface area contributed by atoms with Gasteiger partial charge in [0.1, 0.15) is 11.5 Å². The second kappa shape index (κ2) is 7.49. The molecule has 1 amide bonds. The number of pyridine rings is 1. The van der Waals surface area contributed by atoms with Gasteiger partial charge in [-0.15, -0.1) is 0 Å². The molecule has 2 aliphatic rings. The van der Waals surface area contributed by atoms with Crippen molar-refractivity contribution in [1.29, 1.82) is 0 Å². The van der Waals surface area contributed by atoms with E-state index in [1.807, 2.05) is 11.0 Å². The van der Waals surface area contributed by atoms with Gasteiger partial charge in [-0.3, -0.25) is 4.79 Å². The molecule has 2 aromatic heterocycles. The summed E-state index contributed by atoms with van der Waals surface area (Å²) in [5, 5.41) is 6.93. The average molecular weight is 385 g/mol. The van der Waals surface area contributed by atoms with Crippen molar-refractivity contribution in [3.8, 4) is 0 Å². The summed E-state index contributed by atoms with van der Waals surface area (Å²) in [6, 6.07) is 1.87. The third-order valence-corrected chi connectivity index (χ3v) is 5.24. The zero-order valence-corrected chi connectivity index (χ0v) is 15.8. The maximum atomic E-state index is 14.4. The van der Waals surface area contributed by atoms with Gasteiger partial charge in [-0.25, -0.2) is 14.4 Å². The summed E-state index contributed by atoms with van der Waals surface area (Å²) in [5.41, 5.74) is 7.87. The number of nitrogens with two attached hydrogens (primary N) is 1. The van der Waals surface area contributed by atoms with E-state index in [1.165, 1.54) is 0 Å². The molecule has 2 aliphatic heterocycles. The van der Waals surface area contributed by atoms with Crippen LogP contribution in [0.5, 0.6) is 0 Å².